The van der Waals surface area contributed by atoms with Crippen molar-refractivity contribution in [1.82, 2.24) is 5.32 Å². The number of carbonyl (C=O) groups excluding carboxylic acids is 2. The second-order valence-electron chi connectivity index (χ2n) is 9.24. The van der Waals surface area contributed by atoms with Gasteiger partial charge in [-0.3, -0.25) is 9.59 Å². The number of nitrogens with one attached hydrogen (secondary N) is 1. The van der Waals surface area contributed by atoms with Gasteiger partial charge < -0.3 is 14.8 Å². The van der Waals surface area contributed by atoms with E-state index in [-0.39, 0.29) is 11.0 Å². The Morgan fingerprint density at radius 1 is 0.667 bits per heavy atom. The zero-order valence-corrected chi connectivity index (χ0v) is 21.1. The smallest absolute Gasteiger partial charge is 0.460 e. The summed E-state index contributed by atoms with van der Waals surface area (Å²) < 4.78 is 206. The van der Waals surface area contributed by atoms with Crippen molar-refractivity contribution in [2.45, 2.75) is 54.2 Å². The van der Waals surface area contributed by atoms with E-state index in [0.29, 0.717) is 16.3 Å². The number of aliphatic carboxylic acids is 1. The Kier molecular flexibility index (Phi) is 8.40. The van der Waals surface area contributed by atoms with Gasteiger partial charge in [0, 0.05) is 22.8 Å². The SMILES string of the molecule is O=C(CC(NC(=O)C(F)(F)C(F)(F)C(F)(F)C(F)(F)C(F)(F)C(F)(F)C(F)(F)F)C(=O)O)c1ccc2oc3ccccc3c2c1. The molecule has 0 aliphatic carbocycles. The molecule has 0 saturated heterocycles. The molecule has 1 heterocycles. The van der Waals surface area contributed by atoms with Gasteiger partial charge in [0.15, 0.2) is 5.78 Å². The lowest BCUT2D eigenvalue weighted by atomic mass is 9.90. The summed E-state index contributed by atoms with van der Waals surface area (Å²) in [4.78, 5) is 35.9. The van der Waals surface area contributed by atoms with Crippen molar-refractivity contribution >= 4 is 39.6 Å². The number of fused-ring (bicyclic) bond motifs is 3. The molecule has 0 radical (unpaired) electrons. The average molecular weight is 679 g/mol. The first-order valence-electron chi connectivity index (χ1n) is 11.5. The molecule has 3 rings (SSSR count). The summed E-state index contributed by atoms with van der Waals surface area (Å²) in [6, 6.07) is 6.32. The van der Waals surface area contributed by atoms with Gasteiger partial charge in [0.2, 0.25) is 0 Å². The number of benzene rings is 2. The van der Waals surface area contributed by atoms with Gasteiger partial charge >= 0.3 is 47.7 Å². The van der Waals surface area contributed by atoms with Gasteiger partial charge in [-0.2, -0.15) is 65.9 Å². The maximum atomic E-state index is 14.2. The molecule has 0 spiro atoms. The maximum absolute atomic E-state index is 14.2. The molecule has 1 aromatic heterocycles. The van der Waals surface area contributed by atoms with Crippen LogP contribution in [0.15, 0.2) is 46.9 Å². The van der Waals surface area contributed by atoms with Gasteiger partial charge in [0.05, 0.1) is 0 Å². The van der Waals surface area contributed by atoms with Crippen LogP contribution in [0.4, 0.5) is 65.9 Å². The lowest BCUT2D eigenvalue weighted by molar-refractivity contribution is -0.449. The predicted molar refractivity (Wildman–Crippen MR) is 118 cm³/mol. The van der Waals surface area contributed by atoms with E-state index in [4.69, 9.17) is 9.52 Å². The van der Waals surface area contributed by atoms with E-state index >= 15 is 0 Å². The number of amides is 1. The standard InChI is InChI=1S/C24H12F15NO5/c25-18(26,19(27,28)20(29,30)21(31,32)22(33,34)23(35,36)24(37,38)39)17(44)40-12(16(42)43)8-13(41)9-5-6-15-11(7-9)10-3-1-2-4-14(10)45-15/h1-7,12H,8H2,(H,40,44)(H,42,43). The summed E-state index contributed by atoms with van der Waals surface area (Å²) in [7, 11) is 0. The zero-order chi connectivity index (χ0) is 34.8. The molecule has 2 N–H and O–H groups in total. The highest BCUT2D eigenvalue weighted by molar-refractivity contribution is 6.09. The number of hydrogen-bond donors (Lipinski definition) is 2. The number of halogens is 15. The molecule has 1 amide bonds. The van der Waals surface area contributed by atoms with Crippen molar-refractivity contribution in [2.24, 2.45) is 0 Å². The number of ketones is 1. The molecule has 2 aromatic carbocycles. The van der Waals surface area contributed by atoms with E-state index in [0.717, 1.165) is 12.1 Å². The molecule has 45 heavy (non-hydrogen) atoms. The molecule has 1 unspecified atom stereocenters. The monoisotopic (exact) mass is 679 g/mol. The number of carbonyl (C=O) groups is 3. The maximum Gasteiger partial charge on any atom is 0.460 e. The molecule has 0 aliphatic rings. The quantitative estimate of drug-likeness (QED) is 0.167. The molecule has 3 aromatic rings. The van der Waals surface area contributed by atoms with Crippen molar-refractivity contribution in [3.8, 4) is 0 Å². The van der Waals surface area contributed by atoms with Crippen LogP contribution < -0.4 is 5.32 Å². The fourth-order valence-electron chi connectivity index (χ4n) is 3.76. The van der Waals surface area contributed by atoms with Crippen LogP contribution in [-0.4, -0.2) is 70.5 Å². The van der Waals surface area contributed by atoms with Crippen LogP contribution in [0.3, 0.4) is 0 Å². The Morgan fingerprint density at radius 2 is 1.16 bits per heavy atom. The largest absolute Gasteiger partial charge is 0.480 e. The van der Waals surface area contributed by atoms with Gasteiger partial charge in [-0.15, -0.1) is 0 Å². The molecule has 1 atom stereocenters. The number of para-hydroxylation sites is 1. The van der Waals surface area contributed by atoms with E-state index in [1.807, 2.05) is 0 Å². The van der Waals surface area contributed by atoms with Crippen LogP contribution in [0.25, 0.3) is 21.9 Å². The van der Waals surface area contributed by atoms with E-state index in [9.17, 15) is 80.2 Å². The fraction of sp³-hybridized carbons (Fsp3) is 0.375. The van der Waals surface area contributed by atoms with Crippen LogP contribution in [0.2, 0.25) is 0 Å². The molecule has 0 saturated carbocycles. The Morgan fingerprint density at radius 3 is 1.69 bits per heavy atom. The molecule has 0 aliphatic heterocycles. The zero-order valence-electron chi connectivity index (χ0n) is 21.1. The van der Waals surface area contributed by atoms with E-state index < -0.39 is 77.4 Å². The Hall–Kier alpha value is -4.20. The highest BCUT2D eigenvalue weighted by atomic mass is 19.4. The first-order valence-corrected chi connectivity index (χ1v) is 11.5. The Balaban J connectivity index is 1.91. The number of rotatable bonds is 11. The lowest BCUT2D eigenvalue weighted by Gasteiger charge is -2.41. The van der Waals surface area contributed by atoms with Crippen LogP contribution in [0, 0.1) is 0 Å². The number of Topliss-reactive ketones (excluding diaryl/α,β-unsaturated/α-hetero) is 1. The van der Waals surface area contributed by atoms with Crippen LogP contribution in [0.5, 0.6) is 0 Å². The molecule has 21 heteroatoms. The summed E-state index contributed by atoms with van der Waals surface area (Å²) in [5, 5.41) is 10.2. The number of hydrogen-bond acceptors (Lipinski definition) is 4. The molecule has 248 valence electrons. The molecular formula is C24H12F15NO5. The summed E-state index contributed by atoms with van der Waals surface area (Å²) >= 11 is 0. The normalized spacial score (nSPS) is 14.9. The minimum Gasteiger partial charge on any atom is -0.480 e. The summed E-state index contributed by atoms with van der Waals surface area (Å²) in [5.74, 6) is -57.3. The van der Waals surface area contributed by atoms with Crippen LogP contribution in [0.1, 0.15) is 16.8 Å². The number of carboxylic acid groups (broad SMARTS) is 1. The second-order valence-corrected chi connectivity index (χ2v) is 9.24. The lowest BCUT2D eigenvalue weighted by Crippen LogP contribution is -2.74. The van der Waals surface area contributed by atoms with Crippen molar-refractivity contribution in [1.29, 1.82) is 0 Å². The fourth-order valence-corrected chi connectivity index (χ4v) is 3.76. The third-order valence-electron chi connectivity index (χ3n) is 6.30. The first-order chi connectivity index (χ1) is 20.2. The van der Waals surface area contributed by atoms with Crippen LogP contribution >= 0.6 is 0 Å². The third kappa shape index (κ3) is 5.28. The molecule has 0 fully saturated rings. The van der Waals surface area contributed by atoms with Crippen LogP contribution in [-0.2, 0) is 9.59 Å². The van der Waals surface area contributed by atoms with E-state index in [1.54, 1.807) is 12.1 Å². The van der Waals surface area contributed by atoms with Crippen molar-refractivity contribution in [2.75, 3.05) is 0 Å². The number of alkyl halides is 15. The Bertz CT molecular complexity index is 1640. The highest BCUT2D eigenvalue weighted by Crippen LogP contribution is 2.62. The minimum atomic E-state index is -8.63. The van der Waals surface area contributed by atoms with Gasteiger partial charge in [-0.1, -0.05) is 18.2 Å². The number of carboxylic acids is 1. The Labute approximate surface area is 237 Å². The molecular weight excluding hydrogens is 667 g/mol. The summed E-state index contributed by atoms with van der Waals surface area (Å²) in [6.45, 7) is 0. The van der Waals surface area contributed by atoms with E-state index in [1.165, 1.54) is 18.2 Å². The summed E-state index contributed by atoms with van der Waals surface area (Å²) in [5.41, 5.74) is 0.0536. The average Bonchev–Trinajstić information content (AvgIpc) is 3.29. The van der Waals surface area contributed by atoms with Gasteiger partial charge in [0.25, 0.3) is 5.91 Å². The first kappa shape index (κ1) is 35.3. The van der Waals surface area contributed by atoms with Crippen molar-refractivity contribution < 1.29 is 89.8 Å². The number of furan rings is 1. The van der Waals surface area contributed by atoms with E-state index in [2.05, 4.69) is 0 Å². The molecule has 6 nitrogen and oxygen atoms in total. The van der Waals surface area contributed by atoms with Gasteiger partial charge in [-0.25, -0.2) is 4.79 Å². The highest BCUT2D eigenvalue weighted by Gasteiger charge is 2.94. The minimum absolute atomic E-state index is 0.175. The third-order valence-corrected chi connectivity index (χ3v) is 6.30. The van der Waals surface area contributed by atoms with Gasteiger partial charge in [-0.05, 0) is 24.3 Å². The van der Waals surface area contributed by atoms with Crippen molar-refractivity contribution in [3.05, 3.63) is 48.0 Å². The second kappa shape index (κ2) is 10.7. The van der Waals surface area contributed by atoms with Crippen molar-refractivity contribution in [3.63, 3.8) is 0 Å². The van der Waals surface area contributed by atoms with Gasteiger partial charge in [0.1, 0.15) is 17.2 Å². The summed E-state index contributed by atoms with van der Waals surface area (Å²) in [6.07, 6.45) is -9.42. The topological polar surface area (TPSA) is 96.6 Å². The molecule has 0 bridgehead atoms. The predicted octanol–water partition coefficient (Wildman–Crippen LogP) is 7.10.